The second-order valence-electron chi connectivity index (χ2n) is 13.5. The standard InChI is InChI=1S/C32H44N6O4/c39-28-5-4-27(29(40)34-28)38-30(41)25-3-2-24(20-26(25)31(38)42)37-15-1-10-32(21-37)11-18-36(19-12-32)23-8-16-35(17-9-23)22-6-13-33-14-7-22/h2-3,20,22-23,27,33H,1,4-19,21H2,(H,34,39,40). The molecule has 6 aliphatic rings. The molecule has 1 spiro atoms. The molecule has 0 radical (unpaired) electrons. The first kappa shape index (κ1) is 28.0. The number of imide groups is 2. The van der Waals surface area contributed by atoms with Gasteiger partial charge in [-0.1, -0.05) is 0 Å². The Morgan fingerprint density at radius 1 is 0.738 bits per heavy atom. The van der Waals surface area contributed by atoms with Gasteiger partial charge in [-0.2, -0.15) is 0 Å². The second kappa shape index (κ2) is 11.4. The molecular weight excluding hydrogens is 532 g/mol. The summed E-state index contributed by atoms with van der Waals surface area (Å²) in [7, 11) is 0. The van der Waals surface area contributed by atoms with Crippen LogP contribution in [-0.2, 0) is 9.59 Å². The lowest BCUT2D eigenvalue weighted by molar-refractivity contribution is -0.136. The Labute approximate surface area is 248 Å². The maximum absolute atomic E-state index is 13.4. The van der Waals surface area contributed by atoms with E-state index in [9.17, 15) is 19.2 Å². The number of hydrogen-bond donors (Lipinski definition) is 2. The summed E-state index contributed by atoms with van der Waals surface area (Å²) in [5.74, 6) is -1.81. The Balaban J connectivity index is 0.970. The van der Waals surface area contributed by atoms with Crippen LogP contribution in [0.5, 0.6) is 0 Å². The molecule has 1 atom stereocenters. The summed E-state index contributed by atoms with van der Waals surface area (Å²) in [6.45, 7) is 9.07. The molecule has 6 aliphatic heterocycles. The van der Waals surface area contributed by atoms with Crippen molar-refractivity contribution in [2.75, 3.05) is 57.3 Å². The highest BCUT2D eigenvalue weighted by molar-refractivity contribution is 6.23. The molecule has 6 heterocycles. The van der Waals surface area contributed by atoms with E-state index in [2.05, 4.69) is 25.3 Å². The number of benzene rings is 1. The topological polar surface area (TPSA) is 105 Å². The number of amides is 4. The number of carbonyl (C=O) groups excluding carboxylic acids is 4. The van der Waals surface area contributed by atoms with Crippen molar-refractivity contribution in [3.05, 3.63) is 29.3 Å². The Morgan fingerprint density at radius 2 is 1.43 bits per heavy atom. The predicted molar refractivity (Wildman–Crippen MR) is 158 cm³/mol. The highest BCUT2D eigenvalue weighted by Crippen LogP contribution is 2.43. The van der Waals surface area contributed by atoms with E-state index in [1.807, 2.05) is 12.1 Å². The molecule has 1 aromatic carbocycles. The van der Waals surface area contributed by atoms with Crippen LogP contribution in [0.2, 0.25) is 0 Å². The van der Waals surface area contributed by atoms with E-state index < -0.39 is 23.8 Å². The average Bonchev–Trinajstić information content (AvgIpc) is 3.27. The lowest BCUT2D eigenvalue weighted by Crippen LogP contribution is -2.54. The first-order valence-corrected chi connectivity index (χ1v) is 16.2. The highest BCUT2D eigenvalue weighted by atomic mass is 16.2. The summed E-state index contributed by atoms with van der Waals surface area (Å²) in [6.07, 6.45) is 10.3. The number of carbonyl (C=O) groups is 4. The number of anilines is 1. The second-order valence-corrected chi connectivity index (χ2v) is 13.5. The van der Waals surface area contributed by atoms with Crippen molar-refractivity contribution < 1.29 is 19.2 Å². The molecule has 0 saturated carbocycles. The summed E-state index contributed by atoms with van der Waals surface area (Å²) in [6, 6.07) is 6.12. The van der Waals surface area contributed by atoms with E-state index in [1.54, 1.807) is 6.07 Å². The van der Waals surface area contributed by atoms with E-state index in [-0.39, 0.29) is 18.7 Å². The van der Waals surface area contributed by atoms with E-state index in [0.717, 1.165) is 49.2 Å². The molecule has 2 N–H and O–H groups in total. The van der Waals surface area contributed by atoms with Gasteiger partial charge in [0.15, 0.2) is 0 Å². The molecule has 5 saturated heterocycles. The van der Waals surface area contributed by atoms with Gasteiger partial charge in [-0.15, -0.1) is 0 Å². The smallest absolute Gasteiger partial charge is 0.262 e. The molecule has 10 nitrogen and oxygen atoms in total. The zero-order valence-electron chi connectivity index (χ0n) is 24.6. The van der Waals surface area contributed by atoms with Gasteiger partial charge in [0.2, 0.25) is 11.8 Å². The molecule has 42 heavy (non-hydrogen) atoms. The Morgan fingerprint density at radius 3 is 2.17 bits per heavy atom. The Bertz CT molecular complexity index is 1250. The highest BCUT2D eigenvalue weighted by Gasteiger charge is 2.45. The number of rotatable bonds is 4. The van der Waals surface area contributed by atoms with Crippen molar-refractivity contribution in [3.63, 3.8) is 0 Å². The van der Waals surface area contributed by atoms with Gasteiger partial charge in [0, 0.05) is 37.3 Å². The van der Waals surface area contributed by atoms with E-state index in [0.29, 0.717) is 22.6 Å². The fourth-order valence-electron chi connectivity index (χ4n) is 8.64. The van der Waals surface area contributed by atoms with Gasteiger partial charge in [-0.05, 0) is 121 Å². The van der Waals surface area contributed by atoms with Crippen molar-refractivity contribution in [3.8, 4) is 0 Å². The summed E-state index contributed by atoms with van der Waals surface area (Å²) < 4.78 is 0. The largest absolute Gasteiger partial charge is 0.371 e. The Hall–Kier alpha value is -2.82. The van der Waals surface area contributed by atoms with Crippen LogP contribution in [0.3, 0.4) is 0 Å². The SMILES string of the molecule is O=C1CCC(N2C(=O)c3ccc(N4CCCC5(CCN(C6CCN(C7CCNCC7)CC6)CC5)C4)cc3C2=O)C(=O)N1. The van der Waals surface area contributed by atoms with Gasteiger partial charge in [0.1, 0.15) is 6.04 Å². The quantitative estimate of drug-likeness (QED) is 0.525. The van der Waals surface area contributed by atoms with Crippen LogP contribution >= 0.6 is 0 Å². The normalized spacial score (nSPS) is 28.4. The molecular formula is C32H44N6O4. The molecule has 4 amide bonds. The number of nitrogens with zero attached hydrogens (tertiary/aromatic N) is 4. The molecule has 226 valence electrons. The fraction of sp³-hybridized carbons (Fsp3) is 0.688. The van der Waals surface area contributed by atoms with Crippen LogP contribution in [0.1, 0.15) is 84.9 Å². The molecule has 0 aromatic heterocycles. The van der Waals surface area contributed by atoms with Gasteiger partial charge in [0.25, 0.3) is 11.8 Å². The maximum Gasteiger partial charge on any atom is 0.262 e. The molecule has 1 unspecified atom stereocenters. The van der Waals surface area contributed by atoms with E-state index >= 15 is 0 Å². The molecule has 10 heteroatoms. The van der Waals surface area contributed by atoms with Gasteiger partial charge < -0.3 is 20.0 Å². The molecule has 5 fully saturated rings. The van der Waals surface area contributed by atoms with Gasteiger partial charge in [-0.3, -0.25) is 29.4 Å². The predicted octanol–water partition coefficient (Wildman–Crippen LogP) is 1.99. The zero-order chi connectivity index (χ0) is 28.8. The number of likely N-dealkylation sites (tertiary alicyclic amines) is 2. The third-order valence-electron chi connectivity index (χ3n) is 11.1. The van der Waals surface area contributed by atoms with Crippen molar-refractivity contribution in [1.82, 2.24) is 25.3 Å². The van der Waals surface area contributed by atoms with Crippen LogP contribution in [-0.4, -0.2) is 109 Å². The minimum Gasteiger partial charge on any atom is -0.371 e. The lowest BCUT2D eigenvalue weighted by atomic mass is 9.72. The number of hydrogen-bond acceptors (Lipinski definition) is 8. The van der Waals surface area contributed by atoms with Crippen molar-refractivity contribution in [1.29, 1.82) is 0 Å². The van der Waals surface area contributed by atoms with Crippen molar-refractivity contribution in [2.24, 2.45) is 5.41 Å². The molecule has 0 bridgehead atoms. The van der Waals surface area contributed by atoms with Crippen LogP contribution in [0.15, 0.2) is 18.2 Å². The third-order valence-corrected chi connectivity index (χ3v) is 11.1. The van der Waals surface area contributed by atoms with Crippen molar-refractivity contribution in [2.45, 2.75) is 82.3 Å². The minimum atomic E-state index is -0.932. The zero-order valence-corrected chi connectivity index (χ0v) is 24.6. The fourth-order valence-corrected chi connectivity index (χ4v) is 8.64. The molecule has 7 rings (SSSR count). The Kier molecular flexibility index (Phi) is 7.56. The summed E-state index contributed by atoms with van der Waals surface area (Å²) in [5, 5.41) is 5.77. The average molecular weight is 577 g/mol. The number of nitrogens with one attached hydrogen (secondary N) is 2. The lowest BCUT2D eigenvalue weighted by Gasteiger charge is -2.51. The molecule has 0 aliphatic carbocycles. The van der Waals surface area contributed by atoms with Crippen LogP contribution < -0.4 is 15.5 Å². The van der Waals surface area contributed by atoms with Crippen LogP contribution in [0.25, 0.3) is 0 Å². The van der Waals surface area contributed by atoms with Gasteiger partial charge >= 0.3 is 0 Å². The first-order chi connectivity index (χ1) is 20.4. The molecule has 1 aromatic rings. The summed E-state index contributed by atoms with van der Waals surface area (Å²) >= 11 is 0. The van der Waals surface area contributed by atoms with Crippen LogP contribution in [0.4, 0.5) is 5.69 Å². The number of piperidine rings is 5. The third kappa shape index (κ3) is 5.15. The van der Waals surface area contributed by atoms with Gasteiger partial charge in [0.05, 0.1) is 11.1 Å². The number of fused-ring (bicyclic) bond motifs is 1. The summed E-state index contributed by atoms with van der Waals surface area (Å²) in [5.41, 5.74) is 1.99. The minimum absolute atomic E-state index is 0.125. The van der Waals surface area contributed by atoms with Crippen LogP contribution in [0, 0.1) is 5.41 Å². The van der Waals surface area contributed by atoms with Gasteiger partial charge in [-0.25, -0.2) is 0 Å². The monoisotopic (exact) mass is 576 g/mol. The summed E-state index contributed by atoms with van der Waals surface area (Å²) in [4.78, 5) is 59.5. The van der Waals surface area contributed by atoms with E-state index in [4.69, 9.17) is 0 Å². The maximum atomic E-state index is 13.4. The first-order valence-electron chi connectivity index (χ1n) is 16.2. The van der Waals surface area contributed by atoms with Crippen molar-refractivity contribution >= 4 is 29.3 Å². The van der Waals surface area contributed by atoms with E-state index in [1.165, 1.54) is 71.1 Å².